The van der Waals surface area contributed by atoms with Crippen molar-refractivity contribution >= 4 is 5.91 Å². The van der Waals surface area contributed by atoms with E-state index in [-0.39, 0.29) is 5.91 Å². The zero-order chi connectivity index (χ0) is 24.8. The summed E-state index contributed by atoms with van der Waals surface area (Å²) in [5, 5.41) is 12.7. The predicted octanol–water partition coefficient (Wildman–Crippen LogP) is 7.20. The SMILES string of the molecule is CCCCC/C=C\C/C=C\C/C=C\C/C=C\CCCC(=O)NCC(C)(C)OCCC(C)(C)O. The largest absolute Gasteiger partial charge is 0.390 e. The number of hydrogen-bond donors (Lipinski definition) is 2. The third-order valence-electron chi connectivity index (χ3n) is 5.15. The molecule has 0 aromatic carbocycles. The van der Waals surface area contributed by atoms with Crippen molar-refractivity contribution in [2.45, 2.75) is 116 Å². The third-order valence-corrected chi connectivity index (χ3v) is 5.15. The fourth-order valence-electron chi connectivity index (χ4n) is 2.97. The maximum absolute atomic E-state index is 12.0. The molecular weight excluding hydrogens is 410 g/mol. The molecule has 1 amide bonds. The topological polar surface area (TPSA) is 58.6 Å². The van der Waals surface area contributed by atoms with Crippen molar-refractivity contribution in [3.8, 4) is 0 Å². The number of amides is 1. The molecular formula is C29H51NO3. The van der Waals surface area contributed by atoms with E-state index in [2.05, 4.69) is 60.8 Å². The first-order valence-corrected chi connectivity index (χ1v) is 12.9. The zero-order valence-electron chi connectivity index (χ0n) is 22.1. The Hall–Kier alpha value is -1.65. The van der Waals surface area contributed by atoms with E-state index in [1.165, 1.54) is 25.7 Å². The van der Waals surface area contributed by atoms with Gasteiger partial charge in [0.25, 0.3) is 0 Å². The van der Waals surface area contributed by atoms with E-state index >= 15 is 0 Å². The molecule has 0 aliphatic rings. The first-order chi connectivity index (χ1) is 15.7. The van der Waals surface area contributed by atoms with Crippen LogP contribution in [0.3, 0.4) is 0 Å². The van der Waals surface area contributed by atoms with E-state index in [0.29, 0.717) is 26.0 Å². The second kappa shape index (κ2) is 19.8. The van der Waals surface area contributed by atoms with Crippen LogP contribution in [-0.2, 0) is 9.53 Å². The zero-order valence-corrected chi connectivity index (χ0v) is 22.1. The van der Waals surface area contributed by atoms with E-state index in [1.807, 2.05) is 13.8 Å². The Kier molecular flexibility index (Phi) is 18.8. The Bertz CT molecular complexity index is 594. The molecule has 0 aliphatic carbocycles. The van der Waals surface area contributed by atoms with Crippen molar-refractivity contribution in [1.29, 1.82) is 0 Å². The van der Waals surface area contributed by atoms with Crippen molar-refractivity contribution in [1.82, 2.24) is 5.32 Å². The average Bonchev–Trinajstić information content (AvgIpc) is 2.73. The number of carbonyl (C=O) groups excluding carboxylic acids is 1. The summed E-state index contributed by atoms with van der Waals surface area (Å²) in [6.45, 7) is 10.6. The molecule has 0 spiro atoms. The fourth-order valence-corrected chi connectivity index (χ4v) is 2.97. The van der Waals surface area contributed by atoms with Gasteiger partial charge in [-0.1, -0.05) is 68.4 Å². The molecule has 0 saturated carbocycles. The number of carbonyl (C=O) groups is 1. The summed E-state index contributed by atoms with van der Waals surface area (Å²) in [7, 11) is 0. The highest BCUT2D eigenvalue weighted by Gasteiger charge is 2.21. The molecule has 0 fully saturated rings. The highest BCUT2D eigenvalue weighted by molar-refractivity contribution is 5.75. The number of ether oxygens (including phenoxy) is 1. The van der Waals surface area contributed by atoms with Crippen molar-refractivity contribution in [3.05, 3.63) is 48.6 Å². The molecule has 0 saturated heterocycles. The first kappa shape index (κ1) is 31.4. The molecule has 0 bridgehead atoms. The minimum absolute atomic E-state index is 0.0602. The molecule has 0 unspecified atom stereocenters. The van der Waals surface area contributed by atoms with Gasteiger partial charge in [0.1, 0.15) is 0 Å². The van der Waals surface area contributed by atoms with Gasteiger partial charge in [-0.25, -0.2) is 0 Å². The van der Waals surface area contributed by atoms with Crippen molar-refractivity contribution < 1.29 is 14.6 Å². The predicted molar refractivity (Wildman–Crippen MR) is 142 cm³/mol. The number of aliphatic hydroxyl groups is 1. The normalized spacial score (nSPS) is 13.3. The van der Waals surface area contributed by atoms with Gasteiger partial charge in [0, 0.05) is 13.0 Å². The van der Waals surface area contributed by atoms with Crippen molar-refractivity contribution in [3.63, 3.8) is 0 Å². The quantitative estimate of drug-likeness (QED) is 0.149. The highest BCUT2D eigenvalue weighted by Crippen LogP contribution is 2.13. The van der Waals surface area contributed by atoms with Gasteiger partial charge in [-0.15, -0.1) is 0 Å². The summed E-state index contributed by atoms with van der Waals surface area (Å²) in [6.07, 6.45) is 28.6. The lowest BCUT2D eigenvalue weighted by atomic mass is 10.1. The second-order valence-electron chi connectivity index (χ2n) is 9.93. The number of allylic oxidation sites excluding steroid dienone is 8. The Labute approximate surface area is 204 Å². The number of hydrogen-bond acceptors (Lipinski definition) is 3. The summed E-state index contributed by atoms with van der Waals surface area (Å²) >= 11 is 0. The van der Waals surface area contributed by atoms with Crippen LogP contribution in [0, 0.1) is 0 Å². The molecule has 4 nitrogen and oxygen atoms in total. The highest BCUT2D eigenvalue weighted by atomic mass is 16.5. The number of unbranched alkanes of at least 4 members (excludes halogenated alkanes) is 4. The molecule has 2 N–H and O–H groups in total. The van der Waals surface area contributed by atoms with Crippen LogP contribution in [0.25, 0.3) is 0 Å². The number of nitrogens with one attached hydrogen (secondary N) is 1. The molecule has 33 heavy (non-hydrogen) atoms. The van der Waals surface area contributed by atoms with Crippen molar-refractivity contribution in [2.24, 2.45) is 0 Å². The Morgan fingerprint density at radius 1 is 0.818 bits per heavy atom. The maximum Gasteiger partial charge on any atom is 0.220 e. The Morgan fingerprint density at radius 2 is 1.33 bits per heavy atom. The van der Waals surface area contributed by atoms with Crippen LogP contribution in [0.2, 0.25) is 0 Å². The number of rotatable bonds is 20. The van der Waals surface area contributed by atoms with Gasteiger partial charge in [-0.05, 0) is 79.1 Å². The third kappa shape index (κ3) is 24.8. The van der Waals surface area contributed by atoms with Crippen LogP contribution in [0.4, 0.5) is 0 Å². The van der Waals surface area contributed by atoms with Crippen LogP contribution in [-0.4, -0.2) is 35.4 Å². The summed E-state index contributed by atoms with van der Waals surface area (Å²) in [6, 6.07) is 0. The Morgan fingerprint density at radius 3 is 1.85 bits per heavy atom. The lowest BCUT2D eigenvalue weighted by Crippen LogP contribution is -2.41. The molecule has 4 heteroatoms. The monoisotopic (exact) mass is 461 g/mol. The van der Waals surface area contributed by atoms with Crippen LogP contribution in [0.15, 0.2) is 48.6 Å². The minimum atomic E-state index is -0.732. The van der Waals surface area contributed by atoms with E-state index < -0.39 is 11.2 Å². The van der Waals surface area contributed by atoms with E-state index in [4.69, 9.17) is 4.74 Å². The van der Waals surface area contributed by atoms with Crippen LogP contribution >= 0.6 is 0 Å². The van der Waals surface area contributed by atoms with Gasteiger partial charge in [0.05, 0.1) is 17.8 Å². The van der Waals surface area contributed by atoms with E-state index in [0.717, 1.165) is 32.1 Å². The van der Waals surface area contributed by atoms with Crippen LogP contribution < -0.4 is 5.32 Å². The summed E-state index contributed by atoms with van der Waals surface area (Å²) in [5.74, 6) is 0.0602. The van der Waals surface area contributed by atoms with Crippen LogP contribution in [0.1, 0.15) is 105 Å². The lowest BCUT2D eigenvalue weighted by molar-refractivity contribution is -0.123. The molecule has 190 valence electrons. The summed E-state index contributed by atoms with van der Waals surface area (Å²) < 4.78 is 5.79. The molecule has 0 aliphatic heterocycles. The standard InChI is InChI=1S/C29H51NO3/c1-6-7-8-9-10-11-12-13-14-15-16-17-18-19-20-21-22-23-27(31)30-26-29(4,5)33-25-24-28(2,3)32/h10-11,13-14,16-17,19-20,32H,6-9,12,15,18,21-26H2,1-5H3,(H,30,31)/b11-10-,14-13-,17-16-,20-19-. The molecule has 0 aromatic rings. The summed E-state index contributed by atoms with van der Waals surface area (Å²) in [5.41, 5.74) is -1.17. The van der Waals surface area contributed by atoms with E-state index in [1.54, 1.807) is 13.8 Å². The first-order valence-electron chi connectivity index (χ1n) is 12.9. The van der Waals surface area contributed by atoms with Crippen LogP contribution in [0.5, 0.6) is 0 Å². The van der Waals surface area contributed by atoms with Gasteiger partial charge in [-0.2, -0.15) is 0 Å². The molecule has 0 heterocycles. The fraction of sp³-hybridized carbons (Fsp3) is 0.690. The van der Waals surface area contributed by atoms with Crippen molar-refractivity contribution in [2.75, 3.05) is 13.2 Å². The van der Waals surface area contributed by atoms with Gasteiger partial charge < -0.3 is 15.2 Å². The van der Waals surface area contributed by atoms with Gasteiger partial charge in [0.15, 0.2) is 0 Å². The van der Waals surface area contributed by atoms with Gasteiger partial charge >= 0.3 is 0 Å². The minimum Gasteiger partial charge on any atom is -0.390 e. The average molecular weight is 462 g/mol. The van der Waals surface area contributed by atoms with E-state index in [9.17, 15) is 9.90 Å². The van der Waals surface area contributed by atoms with Gasteiger partial charge in [0.2, 0.25) is 5.91 Å². The Balaban J connectivity index is 3.70. The van der Waals surface area contributed by atoms with Gasteiger partial charge in [-0.3, -0.25) is 4.79 Å². The maximum atomic E-state index is 12.0. The second-order valence-corrected chi connectivity index (χ2v) is 9.93. The lowest BCUT2D eigenvalue weighted by Gasteiger charge is -2.27. The molecule has 0 radical (unpaired) electrons. The smallest absolute Gasteiger partial charge is 0.220 e. The molecule has 0 rings (SSSR count). The molecule has 0 aromatic heterocycles. The molecule has 0 atom stereocenters. The summed E-state index contributed by atoms with van der Waals surface area (Å²) in [4.78, 5) is 12.0.